The summed E-state index contributed by atoms with van der Waals surface area (Å²) in [6.07, 6.45) is 0. The molecule has 124 valence electrons. The number of hydrogen-bond donors (Lipinski definition) is 0. The maximum atomic E-state index is 13.1. The summed E-state index contributed by atoms with van der Waals surface area (Å²) >= 11 is 12.5. The standard InChI is InChI=1S/C17H20Cl2N2O2/c1-9(2)21(10(3)4)17(22)14-11(5)23-20-16(14)15-12(18)7-6-8-13(15)19/h6-10H,1-5H3. The molecule has 1 aromatic carbocycles. The van der Waals surface area contributed by atoms with Gasteiger partial charge in [-0.3, -0.25) is 4.79 Å². The fourth-order valence-electron chi connectivity index (χ4n) is 2.71. The maximum Gasteiger partial charge on any atom is 0.260 e. The van der Waals surface area contributed by atoms with Gasteiger partial charge in [0.15, 0.2) is 0 Å². The van der Waals surface area contributed by atoms with E-state index in [1.165, 1.54) is 0 Å². The molecule has 0 fully saturated rings. The van der Waals surface area contributed by atoms with Gasteiger partial charge >= 0.3 is 0 Å². The average Bonchev–Trinajstić information content (AvgIpc) is 2.79. The zero-order chi connectivity index (χ0) is 17.3. The van der Waals surface area contributed by atoms with Crippen LogP contribution in [0.1, 0.15) is 43.8 Å². The highest BCUT2D eigenvalue weighted by molar-refractivity contribution is 6.39. The average molecular weight is 355 g/mol. The largest absolute Gasteiger partial charge is 0.360 e. The van der Waals surface area contributed by atoms with Crippen LogP contribution in [0.5, 0.6) is 0 Å². The van der Waals surface area contributed by atoms with Crippen LogP contribution in [-0.4, -0.2) is 28.0 Å². The van der Waals surface area contributed by atoms with Crippen molar-refractivity contribution < 1.29 is 9.32 Å². The number of amides is 1. The van der Waals surface area contributed by atoms with Crippen LogP contribution in [0.2, 0.25) is 10.0 Å². The molecule has 0 bridgehead atoms. The number of benzene rings is 1. The van der Waals surface area contributed by atoms with Gasteiger partial charge in [-0.15, -0.1) is 0 Å². The lowest BCUT2D eigenvalue weighted by molar-refractivity contribution is 0.0642. The van der Waals surface area contributed by atoms with E-state index in [-0.39, 0.29) is 18.0 Å². The number of aromatic nitrogens is 1. The lowest BCUT2D eigenvalue weighted by atomic mass is 10.0. The highest BCUT2D eigenvalue weighted by Gasteiger charge is 2.30. The van der Waals surface area contributed by atoms with Crippen molar-refractivity contribution in [1.29, 1.82) is 0 Å². The van der Waals surface area contributed by atoms with Gasteiger partial charge in [0.1, 0.15) is 17.0 Å². The van der Waals surface area contributed by atoms with Crippen LogP contribution in [0.25, 0.3) is 11.3 Å². The molecule has 2 aromatic rings. The molecule has 0 aliphatic carbocycles. The van der Waals surface area contributed by atoms with Crippen LogP contribution in [0.4, 0.5) is 0 Å². The van der Waals surface area contributed by atoms with Gasteiger partial charge in [-0.1, -0.05) is 34.4 Å². The van der Waals surface area contributed by atoms with E-state index in [1.54, 1.807) is 30.0 Å². The second kappa shape index (κ2) is 6.93. The molecule has 0 saturated carbocycles. The number of rotatable bonds is 4. The van der Waals surface area contributed by atoms with Crippen molar-refractivity contribution in [2.75, 3.05) is 0 Å². The summed E-state index contributed by atoms with van der Waals surface area (Å²) in [5.74, 6) is 0.312. The molecule has 2 rings (SSSR count). The first-order chi connectivity index (χ1) is 10.8. The van der Waals surface area contributed by atoms with Crippen LogP contribution in [0.15, 0.2) is 22.7 Å². The molecule has 0 N–H and O–H groups in total. The van der Waals surface area contributed by atoms with Crippen molar-refractivity contribution in [2.45, 2.75) is 46.7 Å². The molecule has 0 radical (unpaired) electrons. The van der Waals surface area contributed by atoms with Crippen LogP contribution >= 0.6 is 23.2 Å². The summed E-state index contributed by atoms with van der Waals surface area (Å²) < 4.78 is 5.28. The van der Waals surface area contributed by atoms with Gasteiger partial charge in [-0.25, -0.2) is 0 Å². The molecule has 0 aliphatic heterocycles. The number of aryl methyl sites for hydroxylation is 1. The minimum Gasteiger partial charge on any atom is -0.360 e. The van der Waals surface area contributed by atoms with E-state index in [1.807, 2.05) is 27.7 Å². The maximum absolute atomic E-state index is 13.1. The Hall–Kier alpha value is -1.52. The Morgan fingerprint density at radius 3 is 2.13 bits per heavy atom. The Bertz CT molecular complexity index is 695. The summed E-state index contributed by atoms with van der Waals surface area (Å²) in [4.78, 5) is 14.9. The number of halogens is 2. The monoisotopic (exact) mass is 354 g/mol. The highest BCUT2D eigenvalue weighted by Crippen LogP contribution is 2.37. The van der Waals surface area contributed by atoms with Crippen molar-refractivity contribution in [1.82, 2.24) is 10.1 Å². The number of carbonyl (C=O) groups excluding carboxylic acids is 1. The Morgan fingerprint density at radius 1 is 1.13 bits per heavy atom. The van der Waals surface area contributed by atoms with Crippen LogP contribution in [0.3, 0.4) is 0 Å². The fourth-order valence-corrected chi connectivity index (χ4v) is 3.29. The quantitative estimate of drug-likeness (QED) is 0.756. The third-order valence-corrected chi connectivity index (χ3v) is 4.25. The minimum absolute atomic E-state index is 0.0476. The zero-order valence-electron chi connectivity index (χ0n) is 13.9. The van der Waals surface area contributed by atoms with E-state index in [9.17, 15) is 4.79 Å². The molecular weight excluding hydrogens is 335 g/mol. The summed E-state index contributed by atoms with van der Waals surface area (Å²) in [5, 5.41) is 4.90. The molecule has 0 saturated heterocycles. The van der Waals surface area contributed by atoms with Gasteiger partial charge in [-0.05, 0) is 46.8 Å². The highest BCUT2D eigenvalue weighted by atomic mass is 35.5. The van der Waals surface area contributed by atoms with E-state index in [0.29, 0.717) is 32.6 Å². The van der Waals surface area contributed by atoms with Gasteiger partial charge in [0.2, 0.25) is 0 Å². The first kappa shape index (κ1) is 17.8. The van der Waals surface area contributed by atoms with E-state index in [2.05, 4.69) is 5.16 Å². The lowest BCUT2D eigenvalue weighted by Gasteiger charge is -2.30. The predicted molar refractivity (Wildman–Crippen MR) is 93.1 cm³/mol. The normalized spacial score (nSPS) is 11.3. The molecule has 0 aliphatic rings. The fraction of sp³-hybridized carbons (Fsp3) is 0.412. The number of carbonyl (C=O) groups is 1. The van der Waals surface area contributed by atoms with Gasteiger partial charge in [0.25, 0.3) is 5.91 Å². The van der Waals surface area contributed by atoms with Gasteiger partial charge in [0.05, 0.1) is 10.0 Å². The van der Waals surface area contributed by atoms with Crippen molar-refractivity contribution in [3.05, 3.63) is 39.6 Å². The van der Waals surface area contributed by atoms with Crippen LogP contribution in [0, 0.1) is 6.92 Å². The summed E-state index contributed by atoms with van der Waals surface area (Å²) in [5.41, 5.74) is 1.31. The second-order valence-electron chi connectivity index (χ2n) is 5.96. The molecule has 1 amide bonds. The van der Waals surface area contributed by atoms with Crippen LogP contribution < -0.4 is 0 Å². The van der Waals surface area contributed by atoms with Gasteiger partial charge in [-0.2, -0.15) is 0 Å². The van der Waals surface area contributed by atoms with Crippen molar-refractivity contribution in [3.63, 3.8) is 0 Å². The first-order valence-corrected chi connectivity index (χ1v) is 8.24. The first-order valence-electron chi connectivity index (χ1n) is 7.49. The van der Waals surface area contributed by atoms with Gasteiger partial charge in [0, 0.05) is 17.6 Å². The number of nitrogens with zero attached hydrogens (tertiary/aromatic N) is 2. The lowest BCUT2D eigenvalue weighted by Crippen LogP contribution is -2.42. The molecule has 23 heavy (non-hydrogen) atoms. The topological polar surface area (TPSA) is 46.3 Å². The van der Waals surface area contributed by atoms with E-state index < -0.39 is 0 Å². The molecule has 1 heterocycles. The molecule has 4 nitrogen and oxygen atoms in total. The van der Waals surface area contributed by atoms with Gasteiger partial charge < -0.3 is 9.42 Å². The van der Waals surface area contributed by atoms with Crippen molar-refractivity contribution in [2.24, 2.45) is 0 Å². The Morgan fingerprint density at radius 2 is 1.65 bits per heavy atom. The summed E-state index contributed by atoms with van der Waals surface area (Å²) in [6, 6.07) is 5.27. The molecule has 1 aromatic heterocycles. The SMILES string of the molecule is Cc1onc(-c2c(Cl)cccc2Cl)c1C(=O)N(C(C)C)C(C)C. The molecular formula is C17H20Cl2N2O2. The third kappa shape index (κ3) is 3.38. The second-order valence-corrected chi connectivity index (χ2v) is 6.77. The van der Waals surface area contributed by atoms with E-state index in [0.717, 1.165) is 0 Å². The molecule has 0 unspecified atom stereocenters. The van der Waals surface area contributed by atoms with Crippen molar-refractivity contribution >= 4 is 29.1 Å². The predicted octanol–water partition coefficient (Wildman–Crippen LogP) is 5.22. The molecule has 6 heteroatoms. The van der Waals surface area contributed by atoms with E-state index in [4.69, 9.17) is 27.7 Å². The Kier molecular flexibility index (Phi) is 5.37. The summed E-state index contributed by atoms with van der Waals surface area (Å²) in [7, 11) is 0. The Balaban J connectivity index is 2.62. The number of hydrogen-bond acceptors (Lipinski definition) is 3. The Labute approximate surface area is 146 Å². The van der Waals surface area contributed by atoms with Crippen molar-refractivity contribution in [3.8, 4) is 11.3 Å². The third-order valence-electron chi connectivity index (χ3n) is 3.62. The van der Waals surface area contributed by atoms with Crippen LogP contribution in [-0.2, 0) is 0 Å². The minimum atomic E-state index is -0.139. The zero-order valence-corrected chi connectivity index (χ0v) is 15.4. The molecule has 0 spiro atoms. The smallest absolute Gasteiger partial charge is 0.260 e. The summed E-state index contributed by atoms with van der Waals surface area (Å²) in [6.45, 7) is 9.62. The van der Waals surface area contributed by atoms with E-state index >= 15 is 0 Å². The molecule has 0 atom stereocenters.